The quantitative estimate of drug-likeness (QED) is 0.827. The van der Waals surface area contributed by atoms with Gasteiger partial charge in [0.05, 0.1) is 17.4 Å². The number of pyridine rings is 1. The van der Waals surface area contributed by atoms with Gasteiger partial charge in [-0.3, -0.25) is 14.7 Å². The first-order valence-electron chi connectivity index (χ1n) is 8.89. The van der Waals surface area contributed by atoms with E-state index in [1.54, 1.807) is 0 Å². The third-order valence-corrected chi connectivity index (χ3v) is 4.98. The van der Waals surface area contributed by atoms with Crippen LogP contribution in [-0.2, 0) is 4.79 Å². The molecule has 138 valence electrons. The van der Waals surface area contributed by atoms with E-state index in [1.165, 1.54) is 0 Å². The largest absolute Gasteiger partial charge is 0.465 e. The molecule has 1 saturated heterocycles. The highest BCUT2D eigenvalue weighted by Gasteiger charge is 2.22. The number of fused-ring (bicyclic) bond motifs is 1. The zero-order valence-electron chi connectivity index (χ0n) is 14.7. The minimum Gasteiger partial charge on any atom is -0.465 e. The fraction of sp³-hybridized carbons (Fsp3) is 0.421. The van der Waals surface area contributed by atoms with Crippen LogP contribution in [0.5, 0.6) is 0 Å². The Hall–Kier alpha value is -2.83. The average Bonchev–Trinajstić information content (AvgIpc) is 2.64. The summed E-state index contributed by atoms with van der Waals surface area (Å²) in [6, 6.07) is 10.2. The molecule has 1 fully saturated rings. The van der Waals surface area contributed by atoms with E-state index in [4.69, 9.17) is 10.8 Å². The molecule has 1 aromatic carbocycles. The Morgan fingerprint density at radius 3 is 2.69 bits per heavy atom. The van der Waals surface area contributed by atoms with E-state index in [-0.39, 0.29) is 6.54 Å². The molecule has 2 heterocycles. The summed E-state index contributed by atoms with van der Waals surface area (Å²) in [5.41, 5.74) is 7.23. The Bertz CT molecular complexity index is 787. The standard InChI is InChI=1S/C19H24N4O3/c20-18(24)13-23(19(25)26)10-7-14-5-8-22(9-6-14)16-11-15-3-1-2-4-17(15)21-12-16/h1-4,11-12,14H,5-10,13H2,(H2,20,24)(H,25,26). The monoisotopic (exact) mass is 356 g/mol. The highest BCUT2D eigenvalue weighted by atomic mass is 16.4. The van der Waals surface area contributed by atoms with Crippen LogP contribution in [-0.4, -0.2) is 53.2 Å². The average molecular weight is 356 g/mol. The number of anilines is 1. The van der Waals surface area contributed by atoms with Gasteiger partial charge in [0.25, 0.3) is 0 Å². The number of carboxylic acid groups (broad SMARTS) is 1. The third-order valence-electron chi connectivity index (χ3n) is 4.98. The first-order valence-corrected chi connectivity index (χ1v) is 8.89. The second kappa shape index (κ2) is 8.03. The van der Waals surface area contributed by atoms with Crippen LogP contribution in [0, 0.1) is 5.92 Å². The molecule has 0 aliphatic carbocycles. The Morgan fingerprint density at radius 2 is 2.00 bits per heavy atom. The van der Waals surface area contributed by atoms with Gasteiger partial charge in [0.2, 0.25) is 5.91 Å². The van der Waals surface area contributed by atoms with Crippen LogP contribution in [0.15, 0.2) is 36.5 Å². The number of rotatable bonds is 6. The molecule has 0 radical (unpaired) electrons. The van der Waals surface area contributed by atoms with Crippen molar-refractivity contribution in [2.24, 2.45) is 11.7 Å². The maximum atomic E-state index is 11.2. The smallest absolute Gasteiger partial charge is 0.407 e. The van der Waals surface area contributed by atoms with Gasteiger partial charge in [-0.2, -0.15) is 0 Å². The van der Waals surface area contributed by atoms with E-state index in [1.807, 2.05) is 24.4 Å². The Labute approximate surface area is 152 Å². The van der Waals surface area contributed by atoms with Crippen LogP contribution < -0.4 is 10.6 Å². The van der Waals surface area contributed by atoms with Crippen LogP contribution >= 0.6 is 0 Å². The summed E-state index contributed by atoms with van der Waals surface area (Å²) in [5, 5.41) is 10.3. The van der Waals surface area contributed by atoms with Gasteiger partial charge in [-0.1, -0.05) is 18.2 Å². The number of nitrogens with zero attached hydrogens (tertiary/aromatic N) is 3. The number of carbonyl (C=O) groups excluding carboxylic acids is 1. The van der Waals surface area contributed by atoms with Crippen molar-refractivity contribution < 1.29 is 14.7 Å². The van der Waals surface area contributed by atoms with E-state index < -0.39 is 12.0 Å². The summed E-state index contributed by atoms with van der Waals surface area (Å²) >= 11 is 0. The number of carbonyl (C=O) groups is 2. The lowest BCUT2D eigenvalue weighted by Gasteiger charge is -2.34. The van der Waals surface area contributed by atoms with Crippen molar-refractivity contribution in [3.05, 3.63) is 36.5 Å². The Kier molecular flexibility index (Phi) is 5.55. The summed E-state index contributed by atoms with van der Waals surface area (Å²) in [5.74, 6) is -0.166. The molecule has 7 heteroatoms. The van der Waals surface area contributed by atoms with Crippen LogP contribution in [0.4, 0.5) is 10.5 Å². The summed E-state index contributed by atoms with van der Waals surface area (Å²) in [6.07, 6.45) is 3.57. The first kappa shape index (κ1) is 18.0. The predicted molar refractivity (Wildman–Crippen MR) is 100 cm³/mol. The lowest BCUT2D eigenvalue weighted by atomic mass is 9.93. The fourth-order valence-electron chi connectivity index (χ4n) is 3.48. The van der Waals surface area contributed by atoms with Crippen LogP contribution in [0.3, 0.4) is 0 Å². The maximum absolute atomic E-state index is 11.2. The van der Waals surface area contributed by atoms with E-state index in [0.717, 1.165) is 53.8 Å². The number of hydrogen-bond donors (Lipinski definition) is 2. The van der Waals surface area contributed by atoms with E-state index >= 15 is 0 Å². The summed E-state index contributed by atoms with van der Waals surface area (Å²) in [4.78, 5) is 30.1. The third kappa shape index (κ3) is 4.41. The van der Waals surface area contributed by atoms with Crippen molar-refractivity contribution in [1.82, 2.24) is 9.88 Å². The predicted octanol–water partition coefficient (Wildman–Crippen LogP) is 2.31. The number of amides is 2. The molecule has 0 spiro atoms. The summed E-state index contributed by atoms with van der Waals surface area (Å²) in [6.45, 7) is 1.96. The minimum absolute atomic E-state index is 0.239. The van der Waals surface area contributed by atoms with Gasteiger partial charge in [0.1, 0.15) is 6.54 Å². The number of para-hydroxylation sites is 1. The van der Waals surface area contributed by atoms with Crippen molar-refractivity contribution in [3.8, 4) is 0 Å². The van der Waals surface area contributed by atoms with Crippen molar-refractivity contribution in [2.45, 2.75) is 19.3 Å². The highest BCUT2D eigenvalue weighted by Crippen LogP contribution is 2.27. The minimum atomic E-state index is -1.09. The normalized spacial score (nSPS) is 15.2. The van der Waals surface area contributed by atoms with Gasteiger partial charge >= 0.3 is 6.09 Å². The second-order valence-corrected chi connectivity index (χ2v) is 6.78. The molecular formula is C19H24N4O3. The van der Waals surface area contributed by atoms with Crippen molar-refractivity contribution in [1.29, 1.82) is 0 Å². The van der Waals surface area contributed by atoms with Gasteiger partial charge in [0, 0.05) is 25.0 Å². The molecule has 0 bridgehead atoms. The topological polar surface area (TPSA) is 99.8 Å². The molecule has 26 heavy (non-hydrogen) atoms. The van der Waals surface area contributed by atoms with Crippen molar-refractivity contribution >= 4 is 28.6 Å². The zero-order chi connectivity index (χ0) is 18.5. The molecule has 1 aliphatic rings. The molecule has 2 aromatic rings. The van der Waals surface area contributed by atoms with Gasteiger partial charge < -0.3 is 15.7 Å². The zero-order valence-corrected chi connectivity index (χ0v) is 14.7. The molecule has 7 nitrogen and oxygen atoms in total. The van der Waals surface area contributed by atoms with Crippen LogP contribution in [0.25, 0.3) is 10.9 Å². The number of hydrogen-bond acceptors (Lipinski definition) is 4. The van der Waals surface area contributed by atoms with Crippen LogP contribution in [0.1, 0.15) is 19.3 Å². The molecule has 1 aromatic heterocycles. The number of aromatic nitrogens is 1. The van der Waals surface area contributed by atoms with Crippen molar-refractivity contribution in [3.63, 3.8) is 0 Å². The highest BCUT2D eigenvalue weighted by molar-refractivity contribution is 5.81. The first-order chi connectivity index (χ1) is 12.5. The van der Waals surface area contributed by atoms with Gasteiger partial charge in [-0.25, -0.2) is 4.79 Å². The Balaban J connectivity index is 1.53. The lowest BCUT2D eigenvalue weighted by molar-refractivity contribution is -0.118. The lowest BCUT2D eigenvalue weighted by Crippen LogP contribution is -2.40. The van der Waals surface area contributed by atoms with Gasteiger partial charge in [0.15, 0.2) is 0 Å². The summed E-state index contributed by atoms with van der Waals surface area (Å²) in [7, 11) is 0. The molecule has 3 N–H and O–H groups in total. The molecule has 0 unspecified atom stereocenters. The second-order valence-electron chi connectivity index (χ2n) is 6.78. The number of piperidine rings is 1. The SMILES string of the molecule is NC(=O)CN(CCC1CCN(c2cnc3ccccc3c2)CC1)C(=O)O. The number of primary amides is 1. The fourth-order valence-corrected chi connectivity index (χ4v) is 3.48. The van der Waals surface area contributed by atoms with E-state index in [9.17, 15) is 9.59 Å². The van der Waals surface area contributed by atoms with Crippen LogP contribution in [0.2, 0.25) is 0 Å². The number of benzene rings is 1. The van der Waals surface area contributed by atoms with Crippen molar-refractivity contribution in [2.75, 3.05) is 31.1 Å². The molecule has 3 rings (SSSR count). The molecule has 2 amide bonds. The van der Waals surface area contributed by atoms with E-state index in [2.05, 4.69) is 22.0 Å². The maximum Gasteiger partial charge on any atom is 0.407 e. The molecule has 0 saturated carbocycles. The van der Waals surface area contributed by atoms with Gasteiger partial charge in [-0.05, 0) is 37.3 Å². The Morgan fingerprint density at radius 1 is 1.27 bits per heavy atom. The van der Waals surface area contributed by atoms with E-state index in [0.29, 0.717) is 12.5 Å². The molecular weight excluding hydrogens is 332 g/mol. The van der Waals surface area contributed by atoms with Gasteiger partial charge in [-0.15, -0.1) is 0 Å². The molecule has 1 aliphatic heterocycles. The molecule has 0 atom stereocenters. The number of nitrogens with two attached hydrogens (primary N) is 1. The summed E-state index contributed by atoms with van der Waals surface area (Å²) < 4.78 is 0.